The molecule has 0 spiro atoms. The number of hydrogen-bond donors (Lipinski definition) is 1. The van der Waals surface area contributed by atoms with Gasteiger partial charge in [-0.1, -0.05) is 6.07 Å². The number of piperidine rings is 1. The van der Waals surface area contributed by atoms with E-state index in [1.165, 1.54) is 12.8 Å². The summed E-state index contributed by atoms with van der Waals surface area (Å²) in [5.41, 5.74) is 0. The zero-order valence-corrected chi connectivity index (χ0v) is 8.02. The molecule has 1 aromatic heterocycles. The summed E-state index contributed by atoms with van der Waals surface area (Å²) in [5, 5.41) is 3.55. The maximum atomic E-state index is 5.59. The van der Waals surface area contributed by atoms with Crippen LogP contribution in [0.15, 0.2) is 24.4 Å². The van der Waals surface area contributed by atoms with Crippen LogP contribution in [0.25, 0.3) is 0 Å². The van der Waals surface area contributed by atoms with Crippen LogP contribution in [-0.2, 0) is 0 Å². The quantitative estimate of drug-likeness (QED) is 0.778. The van der Waals surface area contributed by atoms with E-state index < -0.39 is 0 Å². The Kier molecular flexibility index (Phi) is 1.91. The first-order valence-corrected chi connectivity index (χ1v) is 5.22. The van der Waals surface area contributed by atoms with Gasteiger partial charge in [0.1, 0.15) is 6.61 Å². The van der Waals surface area contributed by atoms with Crippen LogP contribution in [0, 0.1) is 5.92 Å². The van der Waals surface area contributed by atoms with Gasteiger partial charge in [-0.05, 0) is 24.8 Å². The highest BCUT2D eigenvalue weighted by Gasteiger charge is 2.45. The van der Waals surface area contributed by atoms with Crippen LogP contribution in [0.5, 0.6) is 5.88 Å². The molecule has 1 aliphatic heterocycles. The van der Waals surface area contributed by atoms with Crippen molar-refractivity contribution in [2.24, 2.45) is 5.92 Å². The van der Waals surface area contributed by atoms with Gasteiger partial charge in [0.15, 0.2) is 0 Å². The largest absolute Gasteiger partial charge is 0.476 e. The molecule has 14 heavy (non-hydrogen) atoms. The summed E-state index contributed by atoms with van der Waals surface area (Å²) in [4.78, 5) is 4.12. The van der Waals surface area contributed by atoms with E-state index in [4.69, 9.17) is 4.74 Å². The SMILES string of the molecule is c1ccc(OC[C@@H]2C[C@H]3C[C@H]3N2)nc1. The predicted molar refractivity (Wildman–Crippen MR) is 53.2 cm³/mol. The number of ether oxygens (including phenoxy) is 1. The summed E-state index contributed by atoms with van der Waals surface area (Å²) in [7, 11) is 0. The molecule has 1 aromatic rings. The Morgan fingerprint density at radius 2 is 2.43 bits per heavy atom. The number of nitrogens with one attached hydrogen (secondary N) is 1. The zero-order chi connectivity index (χ0) is 9.38. The lowest BCUT2D eigenvalue weighted by atomic mass is 10.2. The van der Waals surface area contributed by atoms with Crippen molar-refractivity contribution in [1.29, 1.82) is 0 Å². The summed E-state index contributed by atoms with van der Waals surface area (Å²) >= 11 is 0. The summed E-state index contributed by atoms with van der Waals surface area (Å²) in [6.07, 6.45) is 4.41. The van der Waals surface area contributed by atoms with Crippen LogP contribution in [0.1, 0.15) is 12.8 Å². The van der Waals surface area contributed by atoms with Gasteiger partial charge in [-0.3, -0.25) is 0 Å². The number of nitrogens with zero attached hydrogens (tertiary/aromatic N) is 1. The third-order valence-corrected chi connectivity index (χ3v) is 3.03. The molecule has 3 rings (SSSR count). The third kappa shape index (κ3) is 1.60. The second kappa shape index (κ2) is 3.24. The molecule has 1 aliphatic carbocycles. The van der Waals surface area contributed by atoms with E-state index in [9.17, 15) is 0 Å². The molecular formula is C11H14N2O. The normalized spacial score (nSPS) is 33.9. The fourth-order valence-electron chi connectivity index (χ4n) is 2.18. The molecule has 1 N–H and O–H groups in total. The first kappa shape index (κ1) is 8.24. The van der Waals surface area contributed by atoms with Crippen molar-refractivity contribution in [2.75, 3.05) is 6.61 Å². The van der Waals surface area contributed by atoms with Crippen molar-refractivity contribution in [3.8, 4) is 5.88 Å². The Labute approximate surface area is 83.5 Å². The van der Waals surface area contributed by atoms with Crippen molar-refractivity contribution < 1.29 is 4.74 Å². The van der Waals surface area contributed by atoms with E-state index in [-0.39, 0.29) is 0 Å². The molecule has 3 nitrogen and oxygen atoms in total. The van der Waals surface area contributed by atoms with E-state index in [1.54, 1.807) is 6.20 Å². The molecule has 3 atom stereocenters. The maximum Gasteiger partial charge on any atom is 0.213 e. The Balaban J connectivity index is 1.50. The average molecular weight is 190 g/mol. The van der Waals surface area contributed by atoms with E-state index >= 15 is 0 Å². The lowest BCUT2D eigenvalue weighted by Crippen LogP contribution is -2.31. The topological polar surface area (TPSA) is 34.1 Å². The van der Waals surface area contributed by atoms with Gasteiger partial charge in [-0.15, -0.1) is 0 Å². The van der Waals surface area contributed by atoms with Gasteiger partial charge in [-0.2, -0.15) is 0 Å². The van der Waals surface area contributed by atoms with Crippen molar-refractivity contribution in [3.05, 3.63) is 24.4 Å². The minimum absolute atomic E-state index is 0.542. The number of pyridine rings is 1. The zero-order valence-electron chi connectivity index (χ0n) is 8.02. The minimum atomic E-state index is 0.542. The van der Waals surface area contributed by atoms with Crippen LogP contribution in [0.4, 0.5) is 0 Å². The summed E-state index contributed by atoms with van der Waals surface area (Å²) in [6.45, 7) is 0.754. The van der Waals surface area contributed by atoms with Crippen LogP contribution in [0.2, 0.25) is 0 Å². The third-order valence-electron chi connectivity index (χ3n) is 3.03. The van der Waals surface area contributed by atoms with Crippen molar-refractivity contribution in [2.45, 2.75) is 24.9 Å². The Bertz CT molecular complexity index is 304. The first-order valence-electron chi connectivity index (χ1n) is 5.22. The Morgan fingerprint density at radius 3 is 3.14 bits per heavy atom. The van der Waals surface area contributed by atoms with E-state index in [0.717, 1.165) is 24.4 Å². The van der Waals surface area contributed by atoms with Crippen molar-refractivity contribution in [1.82, 2.24) is 10.3 Å². The molecule has 3 heteroatoms. The summed E-state index contributed by atoms with van der Waals surface area (Å²) in [6, 6.07) is 7.08. The minimum Gasteiger partial charge on any atom is -0.476 e. The first-order chi connectivity index (χ1) is 6.92. The maximum absolute atomic E-state index is 5.59. The number of rotatable bonds is 3. The fourth-order valence-corrected chi connectivity index (χ4v) is 2.18. The Morgan fingerprint density at radius 1 is 1.43 bits per heavy atom. The van der Waals surface area contributed by atoms with Crippen molar-refractivity contribution >= 4 is 0 Å². The van der Waals surface area contributed by atoms with Crippen LogP contribution < -0.4 is 10.1 Å². The van der Waals surface area contributed by atoms with Gasteiger partial charge < -0.3 is 10.1 Å². The Hall–Kier alpha value is -1.09. The molecule has 0 unspecified atom stereocenters. The molecule has 0 radical (unpaired) electrons. The highest BCUT2D eigenvalue weighted by molar-refractivity contribution is 5.10. The van der Waals surface area contributed by atoms with Gasteiger partial charge in [0.2, 0.25) is 5.88 Å². The highest BCUT2D eigenvalue weighted by Crippen LogP contribution is 2.40. The smallest absolute Gasteiger partial charge is 0.213 e. The molecular weight excluding hydrogens is 176 g/mol. The van der Waals surface area contributed by atoms with Gasteiger partial charge in [0, 0.05) is 24.3 Å². The second-order valence-corrected chi connectivity index (χ2v) is 4.18. The molecule has 1 saturated heterocycles. The lowest BCUT2D eigenvalue weighted by molar-refractivity contribution is 0.259. The van der Waals surface area contributed by atoms with Gasteiger partial charge in [0.05, 0.1) is 0 Å². The number of fused-ring (bicyclic) bond motifs is 1. The van der Waals surface area contributed by atoms with E-state index in [0.29, 0.717) is 6.04 Å². The molecule has 1 saturated carbocycles. The molecule has 0 bridgehead atoms. The molecule has 0 aromatic carbocycles. The molecule has 2 aliphatic rings. The summed E-state index contributed by atoms with van der Waals surface area (Å²) in [5.74, 6) is 1.67. The fraction of sp³-hybridized carbons (Fsp3) is 0.545. The number of aromatic nitrogens is 1. The monoisotopic (exact) mass is 190 g/mol. The van der Waals surface area contributed by atoms with Crippen LogP contribution >= 0.6 is 0 Å². The van der Waals surface area contributed by atoms with Gasteiger partial charge >= 0.3 is 0 Å². The lowest BCUT2D eigenvalue weighted by Gasteiger charge is -2.13. The number of hydrogen-bond acceptors (Lipinski definition) is 3. The molecule has 2 fully saturated rings. The van der Waals surface area contributed by atoms with Gasteiger partial charge in [0.25, 0.3) is 0 Å². The van der Waals surface area contributed by atoms with Crippen LogP contribution in [0.3, 0.4) is 0 Å². The van der Waals surface area contributed by atoms with E-state index in [2.05, 4.69) is 10.3 Å². The standard InChI is InChI=1S/C11H14N2O/c1-2-4-12-11(3-1)14-7-9-5-8-6-10(8)13-9/h1-4,8-10,13H,5-7H2/t8-,9-,10+/m0/s1. The molecule has 2 heterocycles. The molecule has 0 amide bonds. The van der Waals surface area contributed by atoms with E-state index in [1.807, 2.05) is 18.2 Å². The average Bonchev–Trinajstić information content (AvgIpc) is 2.85. The highest BCUT2D eigenvalue weighted by atomic mass is 16.5. The summed E-state index contributed by atoms with van der Waals surface area (Å²) < 4.78 is 5.59. The molecule has 74 valence electrons. The second-order valence-electron chi connectivity index (χ2n) is 4.18. The van der Waals surface area contributed by atoms with Gasteiger partial charge in [-0.25, -0.2) is 4.98 Å². The van der Waals surface area contributed by atoms with Crippen molar-refractivity contribution in [3.63, 3.8) is 0 Å². The van der Waals surface area contributed by atoms with Crippen LogP contribution in [-0.4, -0.2) is 23.7 Å². The predicted octanol–water partition coefficient (Wildman–Crippen LogP) is 1.21.